The van der Waals surface area contributed by atoms with Crippen LogP contribution >= 0.6 is 0 Å². The highest BCUT2D eigenvalue weighted by molar-refractivity contribution is 5.21. The Morgan fingerprint density at radius 2 is 1.90 bits per heavy atom. The fraction of sp³-hybridized carbons (Fsp3) is 0.647. The maximum absolute atomic E-state index is 13.0. The van der Waals surface area contributed by atoms with E-state index in [0.29, 0.717) is 6.04 Å². The normalized spacial score (nSPS) is 21.4. The second-order valence-corrected chi connectivity index (χ2v) is 6.13. The number of ether oxygens (including phenoxy) is 1. The molecule has 1 saturated carbocycles. The summed E-state index contributed by atoms with van der Waals surface area (Å²) < 4.78 is 18.4. The van der Waals surface area contributed by atoms with Crippen molar-refractivity contribution in [2.24, 2.45) is 5.92 Å². The summed E-state index contributed by atoms with van der Waals surface area (Å²) in [6.07, 6.45) is 3.74. The molecule has 1 saturated heterocycles. The maximum atomic E-state index is 13.0. The molecule has 21 heavy (non-hydrogen) atoms. The van der Waals surface area contributed by atoms with Crippen molar-refractivity contribution in [1.82, 2.24) is 10.2 Å². The molecular weight excluding hydrogens is 267 g/mol. The summed E-state index contributed by atoms with van der Waals surface area (Å²) in [6, 6.07) is 7.39. The van der Waals surface area contributed by atoms with Crippen molar-refractivity contribution in [3.63, 3.8) is 0 Å². The summed E-state index contributed by atoms with van der Waals surface area (Å²) in [5.41, 5.74) is 1.23. The van der Waals surface area contributed by atoms with Gasteiger partial charge in [-0.05, 0) is 56.0 Å². The monoisotopic (exact) mass is 292 g/mol. The molecule has 0 aromatic heterocycles. The predicted octanol–water partition coefficient (Wildman–Crippen LogP) is 2.59. The van der Waals surface area contributed by atoms with Crippen molar-refractivity contribution in [3.8, 4) is 0 Å². The molecule has 0 spiro atoms. The van der Waals surface area contributed by atoms with Crippen LogP contribution in [0.1, 0.15) is 30.9 Å². The highest BCUT2D eigenvalue weighted by Gasteiger charge is 2.31. The fourth-order valence-electron chi connectivity index (χ4n) is 3.04. The third kappa shape index (κ3) is 4.50. The van der Waals surface area contributed by atoms with Crippen LogP contribution in [0.5, 0.6) is 0 Å². The molecule has 0 amide bonds. The molecule has 1 atom stereocenters. The number of benzene rings is 1. The topological polar surface area (TPSA) is 24.5 Å². The smallest absolute Gasteiger partial charge is 0.123 e. The second kappa shape index (κ2) is 7.34. The van der Waals surface area contributed by atoms with Gasteiger partial charge in [-0.15, -0.1) is 0 Å². The molecule has 1 unspecified atom stereocenters. The Morgan fingerprint density at radius 3 is 2.57 bits per heavy atom. The van der Waals surface area contributed by atoms with Gasteiger partial charge in [-0.3, -0.25) is 4.90 Å². The van der Waals surface area contributed by atoms with Crippen molar-refractivity contribution in [3.05, 3.63) is 35.6 Å². The standard InChI is InChI=1S/C17H25FN2O/c18-16-6-4-15(5-7-16)17(14-2-3-14)19-8-1-9-20-10-12-21-13-11-20/h4-7,14,17,19H,1-3,8-13H2. The molecule has 1 aromatic rings. The van der Waals surface area contributed by atoms with Gasteiger partial charge in [0.1, 0.15) is 5.82 Å². The molecule has 1 aliphatic carbocycles. The third-order valence-electron chi connectivity index (χ3n) is 4.44. The summed E-state index contributed by atoms with van der Waals surface area (Å²) >= 11 is 0. The molecule has 3 rings (SSSR count). The van der Waals surface area contributed by atoms with Crippen LogP contribution in [0.25, 0.3) is 0 Å². The molecule has 2 fully saturated rings. The molecule has 4 heteroatoms. The Bertz CT molecular complexity index is 427. The first-order chi connectivity index (χ1) is 10.3. The predicted molar refractivity (Wildman–Crippen MR) is 81.7 cm³/mol. The van der Waals surface area contributed by atoms with Crippen molar-refractivity contribution < 1.29 is 9.13 Å². The van der Waals surface area contributed by atoms with Crippen LogP contribution in [0, 0.1) is 11.7 Å². The number of morpholine rings is 1. The zero-order valence-corrected chi connectivity index (χ0v) is 12.6. The maximum Gasteiger partial charge on any atom is 0.123 e. The fourth-order valence-corrected chi connectivity index (χ4v) is 3.04. The first-order valence-corrected chi connectivity index (χ1v) is 8.12. The Balaban J connectivity index is 1.44. The zero-order valence-electron chi connectivity index (χ0n) is 12.6. The minimum Gasteiger partial charge on any atom is -0.379 e. The van der Waals surface area contributed by atoms with E-state index in [4.69, 9.17) is 4.74 Å². The minimum absolute atomic E-state index is 0.152. The molecule has 0 bridgehead atoms. The van der Waals surface area contributed by atoms with Gasteiger partial charge in [0.15, 0.2) is 0 Å². The number of nitrogens with zero attached hydrogens (tertiary/aromatic N) is 1. The quantitative estimate of drug-likeness (QED) is 0.782. The molecule has 0 radical (unpaired) electrons. The van der Waals surface area contributed by atoms with E-state index >= 15 is 0 Å². The average Bonchev–Trinajstić information content (AvgIpc) is 3.34. The molecule has 1 heterocycles. The molecule has 1 N–H and O–H groups in total. The van der Waals surface area contributed by atoms with Gasteiger partial charge in [0.2, 0.25) is 0 Å². The van der Waals surface area contributed by atoms with Crippen molar-refractivity contribution >= 4 is 0 Å². The van der Waals surface area contributed by atoms with Gasteiger partial charge >= 0.3 is 0 Å². The Labute approximate surface area is 126 Å². The first-order valence-electron chi connectivity index (χ1n) is 8.12. The molecule has 3 nitrogen and oxygen atoms in total. The number of hydrogen-bond donors (Lipinski definition) is 1. The Morgan fingerprint density at radius 1 is 1.19 bits per heavy atom. The number of nitrogens with one attached hydrogen (secondary N) is 1. The Hall–Kier alpha value is -0.970. The van der Waals surface area contributed by atoms with Gasteiger partial charge in [-0.1, -0.05) is 12.1 Å². The van der Waals surface area contributed by atoms with E-state index in [1.807, 2.05) is 12.1 Å². The van der Waals surface area contributed by atoms with Crippen molar-refractivity contribution in [1.29, 1.82) is 0 Å². The van der Waals surface area contributed by atoms with Crippen LogP contribution in [0.2, 0.25) is 0 Å². The van der Waals surface area contributed by atoms with Gasteiger partial charge in [0.25, 0.3) is 0 Å². The van der Waals surface area contributed by atoms with E-state index in [9.17, 15) is 4.39 Å². The van der Waals surface area contributed by atoms with Gasteiger partial charge in [0, 0.05) is 19.1 Å². The summed E-state index contributed by atoms with van der Waals surface area (Å²) in [5.74, 6) is 0.583. The van der Waals surface area contributed by atoms with Crippen LogP contribution < -0.4 is 5.32 Å². The molecule has 1 aromatic carbocycles. The molecule has 1 aliphatic heterocycles. The number of halogens is 1. The van der Waals surface area contributed by atoms with Gasteiger partial charge < -0.3 is 10.1 Å². The van der Waals surface area contributed by atoms with Crippen LogP contribution in [0.4, 0.5) is 4.39 Å². The summed E-state index contributed by atoms with van der Waals surface area (Å²) in [5, 5.41) is 3.68. The van der Waals surface area contributed by atoms with Gasteiger partial charge in [0.05, 0.1) is 13.2 Å². The van der Waals surface area contributed by atoms with E-state index in [-0.39, 0.29) is 5.82 Å². The van der Waals surface area contributed by atoms with Crippen molar-refractivity contribution in [2.45, 2.75) is 25.3 Å². The molecule has 116 valence electrons. The lowest BCUT2D eigenvalue weighted by molar-refractivity contribution is 0.0373. The van der Waals surface area contributed by atoms with Gasteiger partial charge in [-0.2, -0.15) is 0 Å². The number of hydrogen-bond acceptors (Lipinski definition) is 3. The van der Waals surface area contributed by atoms with Crippen LogP contribution in [-0.4, -0.2) is 44.3 Å². The highest BCUT2D eigenvalue weighted by Crippen LogP contribution is 2.40. The van der Waals surface area contributed by atoms with E-state index < -0.39 is 0 Å². The van der Waals surface area contributed by atoms with Gasteiger partial charge in [-0.25, -0.2) is 4.39 Å². The third-order valence-corrected chi connectivity index (χ3v) is 4.44. The van der Waals surface area contributed by atoms with Crippen LogP contribution in [0.15, 0.2) is 24.3 Å². The second-order valence-electron chi connectivity index (χ2n) is 6.13. The summed E-state index contributed by atoms with van der Waals surface area (Å²) in [4.78, 5) is 2.47. The van der Waals surface area contributed by atoms with E-state index in [0.717, 1.165) is 51.7 Å². The van der Waals surface area contributed by atoms with E-state index in [1.54, 1.807) is 12.1 Å². The SMILES string of the molecule is Fc1ccc(C(NCCCN2CCOCC2)C2CC2)cc1. The lowest BCUT2D eigenvalue weighted by Gasteiger charge is -2.27. The summed E-state index contributed by atoms with van der Waals surface area (Å²) in [6.45, 7) is 6.02. The van der Waals surface area contributed by atoms with E-state index in [2.05, 4.69) is 10.2 Å². The zero-order chi connectivity index (χ0) is 14.5. The lowest BCUT2D eigenvalue weighted by Crippen LogP contribution is -2.38. The van der Waals surface area contributed by atoms with Crippen molar-refractivity contribution in [2.75, 3.05) is 39.4 Å². The number of rotatable bonds is 7. The first kappa shape index (κ1) is 14.9. The lowest BCUT2D eigenvalue weighted by atomic mass is 10.0. The minimum atomic E-state index is -0.152. The molecular formula is C17H25FN2O. The summed E-state index contributed by atoms with van der Waals surface area (Å²) in [7, 11) is 0. The molecule has 2 aliphatic rings. The van der Waals surface area contributed by atoms with Crippen LogP contribution in [-0.2, 0) is 4.74 Å². The highest BCUT2D eigenvalue weighted by atomic mass is 19.1. The van der Waals surface area contributed by atoms with Crippen LogP contribution in [0.3, 0.4) is 0 Å². The largest absolute Gasteiger partial charge is 0.379 e. The Kier molecular flexibility index (Phi) is 5.22. The average molecular weight is 292 g/mol. The van der Waals surface area contributed by atoms with E-state index in [1.165, 1.54) is 18.4 Å².